The molecule has 1 aromatic heterocycles. The summed E-state index contributed by atoms with van der Waals surface area (Å²) in [7, 11) is 0. The number of nitrogens with one attached hydrogen (secondary N) is 1. The van der Waals surface area contributed by atoms with Crippen LogP contribution < -0.4 is 11.3 Å². The number of benzene rings is 2. The van der Waals surface area contributed by atoms with Gasteiger partial charge in [0.2, 0.25) is 0 Å². The van der Waals surface area contributed by atoms with E-state index in [0.29, 0.717) is 5.39 Å². The number of nitrogens with zero attached hydrogens (tertiary/aromatic N) is 2. The number of aryl methyl sites for hydroxylation is 1. The summed E-state index contributed by atoms with van der Waals surface area (Å²) in [4.78, 5) is 0. The van der Waals surface area contributed by atoms with E-state index >= 15 is 0 Å². The first-order chi connectivity index (χ1) is 10.3. The van der Waals surface area contributed by atoms with Gasteiger partial charge in [-0.25, -0.2) is 9.82 Å². The van der Waals surface area contributed by atoms with Crippen LogP contribution in [-0.4, -0.2) is 9.78 Å². The lowest BCUT2D eigenvalue weighted by atomic mass is 9.96. The van der Waals surface area contributed by atoms with Crippen molar-refractivity contribution >= 4 is 10.8 Å². The Hall–Kier alpha value is -2.24. The first kappa shape index (κ1) is 13.7. The summed E-state index contributed by atoms with van der Waals surface area (Å²) in [6.45, 7) is 2.77. The third kappa shape index (κ3) is 2.30. The summed E-state index contributed by atoms with van der Waals surface area (Å²) in [5, 5.41) is 5.72. The lowest BCUT2D eigenvalue weighted by Crippen LogP contribution is -2.30. The normalized spacial score (nSPS) is 12.7. The molecule has 0 saturated carbocycles. The summed E-state index contributed by atoms with van der Waals surface area (Å²) in [6.07, 6.45) is 1.74. The molecule has 3 rings (SSSR count). The highest BCUT2D eigenvalue weighted by molar-refractivity contribution is 5.87. The molecular formula is C16H17FN4. The van der Waals surface area contributed by atoms with Crippen LogP contribution in [-0.2, 0) is 6.54 Å². The molecule has 1 heterocycles. The standard InChI is InChI=1S/C16H17FN4/c1-2-21-15(9-10-19-21)16(20-18)13-7-8-14(17)12-6-4-3-5-11(12)13/h3-10,16,20H,2,18H2,1H3. The minimum Gasteiger partial charge on any atom is -0.271 e. The number of aromatic nitrogens is 2. The summed E-state index contributed by atoms with van der Waals surface area (Å²) in [5.41, 5.74) is 4.71. The zero-order chi connectivity index (χ0) is 14.8. The fraction of sp³-hybridized carbons (Fsp3) is 0.188. The Labute approximate surface area is 122 Å². The van der Waals surface area contributed by atoms with Crippen molar-refractivity contribution in [2.75, 3.05) is 0 Å². The zero-order valence-electron chi connectivity index (χ0n) is 11.8. The average Bonchev–Trinajstić information content (AvgIpc) is 2.99. The molecule has 0 amide bonds. The van der Waals surface area contributed by atoms with Crippen molar-refractivity contribution in [1.29, 1.82) is 0 Å². The molecule has 108 valence electrons. The van der Waals surface area contributed by atoms with Crippen molar-refractivity contribution in [2.45, 2.75) is 19.5 Å². The first-order valence-corrected chi connectivity index (χ1v) is 6.91. The molecular weight excluding hydrogens is 267 g/mol. The van der Waals surface area contributed by atoms with Crippen molar-refractivity contribution < 1.29 is 4.39 Å². The molecule has 3 aromatic rings. The lowest BCUT2D eigenvalue weighted by molar-refractivity contribution is 0.545. The number of hydrazine groups is 1. The number of hydrogen-bond donors (Lipinski definition) is 2. The number of fused-ring (bicyclic) bond motifs is 1. The van der Waals surface area contributed by atoms with E-state index in [-0.39, 0.29) is 11.9 Å². The van der Waals surface area contributed by atoms with Crippen LogP contribution in [0.4, 0.5) is 4.39 Å². The van der Waals surface area contributed by atoms with Crippen LogP contribution in [0.25, 0.3) is 10.8 Å². The number of nitrogens with two attached hydrogens (primary N) is 1. The molecule has 0 aliphatic heterocycles. The molecule has 0 aliphatic rings. The largest absolute Gasteiger partial charge is 0.271 e. The van der Waals surface area contributed by atoms with Crippen molar-refractivity contribution in [1.82, 2.24) is 15.2 Å². The minimum absolute atomic E-state index is 0.228. The average molecular weight is 284 g/mol. The van der Waals surface area contributed by atoms with Crippen molar-refractivity contribution in [3.63, 3.8) is 0 Å². The molecule has 0 spiro atoms. The quantitative estimate of drug-likeness (QED) is 0.572. The van der Waals surface area contributed by atoms with Gasteiger partial charge in [-0.3, -0.25) is 10.5 Å². The Morgan fingerprint density at radius 2 is 1.95 bits per heavy atom. The molecule has 4 nitrogen and oxygen atoms in total. The monoisotopic (exact) mass is 284 g/mol. The van der Waals surface area contributed by atoms with Gasteiger partial charge in [-0.05, 0) is 30.0 Å². The van der Waals surface area contributed by atoms with E-state index in [2.05, 4.69) is 10.5 Å². The second-order valence-corrected chi connectivity index (χ2v) is 4.85. The van der Waals surface area contributed by atoms with Crippen molar-refractivity contribution in [3.05, 3.63) is 65.7 Å². The van der Waals surface area contributed by atoms with Crippen LogP contribution >= 0.6 is 0 Å². The first-order valence-electron chi connectivity index (χ1n) is 6.91. The summed E-state index contributed by atoms with van der Waals surface area (Å²) in [6, 6.07) is 12.4. The second-order valence-electron chi connectivity index (χ2n) is 4.85. The van der Waals surface area contributed by atoms with Crippen LogP contribution in [0.3, 0.4) is 0 Å². The summed E-state index contributed by atoms with van der Waals surface area (Å²) >= 11 is 0. The summed E-state index contributed by atoms with van der Waals surface area (Å²) in [5.74, 6) is 5.54. The van der Waals surface area contributed by atoms with Crippen LogP contribution in [0.15, 0.2) is 48.7 Å². The van der Waals surface area contributed by atoms with E-state index in [1.807, 2.05) is 35.9 Å². The third-order valence-electron chi connectivity index (χ3n) is 3.73. The van der Waals surface area contributed by atoms with Crippen molar-refractivity contribution in [2.24, 2.45) is 5.84 Å². The highest BCUT2D eigenvalue weighted by Crippen LogP contribution is 2.29. The van der Waals surface area contributed by atoms with E-state index < -0.39 is 0 Å². The molecule has 2 aromatic carbocycles. The molecule has 0 radical (unpaired) electrons. The Bertz CT molecular complexity index is 766. The maximum absolute atomic E-state index is 14.0. The van der Waals surface area contributed by atoms with E-state index in [9.17, 15) is 4.39 Å². The zero-order valence-corrected chi connectivity index (χ0v) is 11.8. The van der Waals surface area contributed by atoms with Crippen LogP contribution in [0.5, 0.6) is 0 Å². The molecule has 21 heavy (non-hydrogen) atoms. The molecule has 0 fully saturated rings. The molecule has 1 unspecified atom stereocenters. The molecule has 5 heteroatoms. The van der Waals surface area contributed by atoms with E-state index in [4.69, 9.17) is 5.84 Å². The number of hydrogen-bond acceptors (Lipinski definition) is 3. The predicted octanol–water partition coefficient (Wildman–Crippen LogP) is 2.75. The third-order valence-corrected chi connectivity index (χ3v) is 3.73. The molecule has 0 bridgehead atoms. The van der Waals surface area contributed by atoms with E-state index in [1.54, 1.807) is 18.3 Å². The van der Waals surface area contributed by atoms with E-state index in [1.165, 1.54) is 6.07 Å². The van der Waals surface area contributed by atoms with Gasteiger partial charge in [-0.2, -0.15) is 5.10 Å². The fourth-order valence-corrected chi connectivity index (χ4v) is 2.72. The van der Waals surface area contributed by atoms with Gasteiger partial charge < -0.3 is 0 Å². The topological polar surface area (TPSA) is 55.9 Å². The highest BCUT2D eigenvalue weighted by Gasteiger charge is 2.19. The molecule has 3 N–H and O–H groups in total. The second kappa shape index (κ2) is 5.63. The fourth-order valence-electron chi connectivity index (χ4n) is 2.72. The Morgan fingerprint density at radius 3 is 2.67 bits per heavy atom. The Kier molecular flexibility index (Phi) is 3.68. The smallest absolute Gasteiger partial charge is 0.131 e. The molecule has 0 saturated heterocycles. The van der Waals surface area contributed by atoms with Gasteiger partial charge in [0.25, 0.3) is 0 Å². The number of rotatable bonds is 4. The van der Waals surface area contributed by atoms with Gasteiger partial charge in [-0.15, -0.1) is 0 Å². The van der Waals surface area contributed by atoms with Gasteiger partial charge in [-0.1, -0.05) is 30.3 Å². The Morgan fingerprint density at radius 1 is 1.19 bits per heavy atom. The van der Waals surface area contributed by atoms with Gasteiger partial charge in [0, 0.05) is 18.1 Å². The van der Waals surface area contributed by atoms with Crippen LogP contribution in [0, 0.1) is 5.82 Å². The van der Waals surface area contributed by atoms with Crippen LogP contribution in [0.2, 0.25) is 0 Å². The predicted molar refractivity (Wildman–Crippen MR) is 81.0 cm³/mol. The van der Waals surface area contributed by atoms with Crippen molar-refractivity contribution in [3.8, 4) is 0 Å². The van der Waals surface area contributed by atoms with Gasteiger partial charge >= 0.3 is 0 Å². The minimum atomic E-state index is -0.238. The van der Waals surface area contributed by atoms with Gasteiger partial charge in [0.05, 0.1) is 11.7 Å². The number of halogens is 1. The Balaban J connectivity index is 2.20. The molecule has 0 aliphatic carbocycles. The SMILES string of the molecule is CCn1nccc1C(NN)c1ccc(F)c2ccccc12. The van der Waals surface area contributed by atoms with Gasteiger partial charge in [0.15, 0.2) is 0 Å². The van der Waals surface area contributed by atoms with E-state index in [0.717, 1.165) is 23.2 Å². The summed E-state index contributed by atoms with van der Waals surface area (Å²) < 4.78 is 15.8. The highest BCUT2D eigenvalue weighted by atomic mass is 19.1. The van der Waals surface area contributed by atoms with Crippen LogP contribution in [0.1, 0.15) is 24.2 Å². The maximum Gasteiger partial charge on any atom is 0.131 e. The molecule has 1 atom stereocenters. The lowest BCUT2D eigenvalue weighted by Gasteiger charge is -2.19. The maximum atomic E-state index is 14.0. The van der Waals surface area contributed by atoms with Gasteiger partial charge in [0.1, 0.15) is 5.82 Å².